The smallest absolute Gasteiger partial charge is 0.618 e. The summed E-state index contributed by atoms with van der Waals surface area (Å²) >= 11 is 0. The number of hydrogen-bond donors (Lipinski definition) is 0. The third-order valence-electron chi connectivity index (χ3n) is 18.3. The predicted octanol–water partition coefficient (Wildman–Crippen LogP) is 23.1. The van der Waals surface area contributed by atoms with Crippen molar-refractivity contribution in [2.75, 3.05) is 0 Å². The molecule has 6 aromatic heterocycles. The van der Waals surface area contributed by atoms with Crippen molar-refractivity contribution < 1.29 is 46.5 Å². The molecule has 0 saturated carbocycles. The van der Waals surface area contributed by atoms with E-state index in [4.69, 9.17) is 4.42 Å². The number of nitrogens with zero attached hydrogens (tertiary/aromatic N) is 12. The minimum absolute atomic E-state index is 0. The maximum absolute atomic E-state index is 5.08. The molecule has 0 N–H and O–H groups in total. The fourth-order valence-corrected chi connectivity index (χ4v) is 12.3. The van der Waals surface area contributed by atoms with Crippen LogP contribution in [0, 0.1) is 36.4 Å². The van der Waals surface area contributed by atoms with Gasteiger partial charge in [0.15, 0.2) is 0 Å². The zero-order valence-corrected chi connectivity index (χ0v) is 67.8. The molecule has 117 heavy (non-hydrogen) atoms. The van der Waals surface area contributed by atoms with Crippen LogP contribution < -0.4 is 10.2 Å². The number of hydrogen-bond acceptors (Lipinski definition) is 8. The van der Waals surface area contributed by atoms with Gasteiger partial charge in [-0.1, -0.05) is 230 Å². The zero-order chi connectivity index (χ0) is 77.8. The van der Waals surface area contributed by atoms with Crippen LogP contribution in [0.3, 0.4) is 0 Å². The Labute approximate surface area is 710 Å². The van der Waals surface area contributed by atoms with E-state index in [1.165, 1.54) is 44.5 Å². The number of oxazole rings is 1. The van der Waals surface area contributed by atoms with Crippen molar-refractivity contribution >= 4 is 0 Å². The van der Waals surface area contributed by atoms with Crippen molar-refractivity contribution in [2.45, 2.75) is 0 Å². The first-order chi connectivity index (χ1) is 56.9. The molecule has 0 aliphatic rings. The van der Waals surface area contributed by atoms with Crippen molar-refractivity contribution in [3.05, 3.63) is 456 Å². The second-order valence-corrected chi connectivity index (χ2v) is 26.0. The van der Waals surface area contributed by atoms with E-state index in [-0.39, 0.29) is 42.1 Å². The van der Waals surface area contributed by atoms with Crippen LogP contribution in [0.1, 0.15) is 0 Å². The van der Waals surface area contributed by atoms with Crippen molar-refractivity contribution in [3.63, 3.8) is 0 Å². The van der Waals surface area contributed by atoms with Gasteiger partial charge in [-0.15, -0.1) is 145 Å². The first kappa shape index (κ1) is 80.7. The average Bonchev–Trinajstić information content (AvgIpc) is 1.75. The van der Waals surface area contributed by atoms with Crippen molar-refractivity contribution in [1.82, 2.24) is 59.5 Å². The number of para-hydroxylation sites is 2. The Hall–Kier alpha value is -14.4. The Morgan fingerprint density at radius 1 is 0.316 bits per heavy atom. The first-order valence-electron chi connectivity index (χ1n) is 37.2. The van der Waals surface area contributed by atoms with Gasteiger partial charge in [-0.2, -0.15) is 69.9 Å². The van der Waals surface area contributed by atoms with Crippen LogP contribution in [-0.4, -0.2) is 49.3 Å². The Morgan fingerprint density at radius 2 is 0.684 bits per heavy atom. The fraction of sp³-hybridized carbons (Fsp3) is 0.00980. The third-order valence-corrected chi connectivity index (χ3v) is 18.3. The van der Waals surface area contributed by atoms with E-state index in [9.17, 15) is 0 Å². The molecule has 0 unspecified atom stereocenters. The number of aryl methyl sites for hydroxylation is 1. The summed E-state index contributed by atoms with van der Waals surface area (Å²) in [7, 11) is 1.98. The summed E-state index contributed by atoms with van der Waals surface area (Å²) in [6, 6.07) is 143. The van der Waals surface area contributed by atoms with Gasteiger partial charge in [0.1, 0.15) is 5.89 Å². The molecule has 0 fully saturated rings. The van der Waals surface area contributed by atoms with E-state index in [0.29, 0.717) is 17.5 Å². The van der Waals surface area contributed by atoms with E-state index >= 15 is 0 Å². The number of benzene rings is 14. The summed E-state index contributed by atoms with van der Waals surface area (Å²) in [5, 5.41) is 25.8. The molecule has 0 spiro atoms. The number of imidazole rings is 1. The first-order valence-corrected chi connectivity index (χ1v) is 37.2. The Balaban J connectivity index is 0.000000124. The van der Waals surface area contributed by atoms with Gasteiger partial charge in [0.25, 0.3) is 0 Å². The zero-order valence-electron chi connectivity index (χ0n) is 63.2. The molecular weight excluding hydrogens is 1800 g/mol. The van der Waals surface area contributed by atoms with Gasteiger partial charge >= 0.3 is 42.1 Å². The molecular formula is C102H72N12OPt2. The van der Waals surface area contributed by atoms with Crippen molar-refractivity contribution in [1.29, 1.82) is 0 Å². The summed E-state index contributed by atoms with van der Waals surface area (Å²) < 4.78 is 10.8. The minimum Gasteiger partial charge on any atom is -0.618 e. The minimum atomic E-state index is 0. The van der Waals surface area contributed by atoms with E-state index in [0.717, 1.165) is 84.2 Å². The normalized spacial score (nSPS) is 10.3. The van der Waals surface area contributed by atoms with Crippen LogP contribution in [0.2, 0.25) is 0 Å². The summed E-state index contributed by atoms with van der Waals surface area (Å²) in [5.74, 6) is 2.81. The molecule has 0 amide bonds. The average molecular weight is 1870 g/mol. The Bertz CT molecular complexity index is 5570. The standard InChI is InChI=1S/2C21H15N2.C21H14N2.C20H13N3.C10H9N2.C9H6NO.2Pt/c2*1-3-7-17(8-4-1)18-11-13-19(14-12-18)20-15-22-23(16-20)21-9-5-2-6-10-21;1-3-7-16(8-4-1)17-11-13-19(14-12-17)21-15-20(22-23-21)18-9-5-2-6-10-18;1-3-7-15(8-4-1)16-11-13-18(14-12-16)20-21-19(22-23-20)17-9-5-2-6-10-17;1-12-8-7-11-10(12)9-5-3-2-4-6-9;1-2-4-8(5-3-1)9-10-6-7-11-9;;/h2*1-9,11-16H;1-9,11-15H;1-9,11-14H;2-5,7-8H,1H3;1-4,6-7H;;/q2*-1;2*-2;2*-1;2*+4. The second kappa shape index (κ2) is 41.4. The molecule has 0 bridgehead atoms. The van der Waals surface area contributed by atoms with Gasteiger partial charge in [0.05, 0.1) is 30.7 Å². The van der Waals surface area contributed by atoms with Crippen LogP contribution in [-0.2, 0) is 49.2 Å². The monoisotopic (exact) mass is 1870 g/mol. The molecule has 14 aromatic carbocycles. The summed E-state index contributed by atoms with van der Waals surface area (Å²) in [4.78, 5) is 12.7. The number of rotatable bonds is 14. The quantitative estimate of drug-likeness (QED) is 0.0964. The van der Waals surface area contributed by atoms with E-state index in [1.54, 1.807) is 18.7 Å². The topological polar surface area (TPSA) is 146 Å². The van der Waals surface area contributed by atoms with Gasteiger partial charge < -0.3 is 29.3 Å². The molecule has 0 saturated heterocycles. The van der Waals surface area contributed by atoms with Gasteiger partial charge in [-0.05, 0) is 78.1 Å². The van der Waals surface area contributed by atoms with Crippen LogP contribution in [0.15, 0.2) is 424 Å². The molecule has 15 heteroatoms. The van der Waals surface area contributed by atoms with Crippen LogP contribution in [0.4, 0.5) is 0 Å². The predicted molar refractivity (Wildman–Crippen MR) is 458 cm³/mol. The van der Waals surface area contributed by atoms with E-state index < -0.39 is 0 Å². The molecule has 13 nitrogen and oxygen atoms in total. The van der Waals surface area contributed by atoms with Crippen LogP contribution >= 0.6 is 0 Å². The van der Waals surface area contributed by atoms with Gasteiger partial charge in [-0.3, -0.25) is 24.4 Å². The summed E-state index contributed by atoms with van der Waals surface area (Å²) in [6.45, 7) is 0. The molecule has 0 radical (unpaired) electrons. The Morgan fingerprint density at radius 3 is 1.07 bits per heavy atom. The van der Waals surface area contributed by atoms with E-state index in [2.05, 4.69) is 252 Å². The molecule has 566 valence electrons. The second-order valence-electron chi connectivity index (χ2n) is 26.0. The van der Waals surface area contributed by atoms with Gasteiger partial charge in [0, 0.05) is 54.5 Å². The molecule has 0 aliphatic carbocycles. The van der Waals surface area contributed by atoms with Crippen molar-refractivity contribution in [3.8, 4) is 146 Å². The fourth-order valence-electron chi connectivity index (χ4n) is 12.3. The van der Waals surface area contributed by atoms with Crippen LogP contribution in [0.5, 0.6) is 0 Å². The maximum Gasteiger partial charge on any atom is 4.00 e. The van der Waals surface area contributed by atoms with E-state index in [1.807, 2.05) is 252 Å². The van der Waals surface area contributed by atoms with Gasteiger partial charge in [0.2, 0.25) is 0 Å². The van der Waals surface area contributed by atoms with Crippen LogP contribution in [0.25, 0.3) is 146 Å². The number of aromatic nitrogens is 12. The summed E-state index contributed by atoms with van der Waals surface area (Å²) in [6.07, 6.45) is 14.7. The molecule has 20 aromatic rings. The SMILES string of the molecule is Cn1ccnc1-c1[c-]cccc1.[Pt+4].[Pt+4].[c-]1ccccc1-c1cc(-c2ccc(-c3ccccc3)cc2)n[n-]1.[c-]1ccccc1-c1nc(-c2ccc(-c3ccccc3)cc2)n[n-]1.[c-]1ccccc1-c1ncco1.[c-]1ccccc1-n1cc(-c2ccc(-c3ccccc3)cc2)cn1.[c-]1ccccc1-n1cc(-c2ccc(-c3ccccc3)cc2)cn1. The molecule has 20 rings (SSSR count). The summed E-state index contributed by atoms with van der Waals surface area (Å²) in [5.41, 5.74) is 23.6. The Kier molecular flexibility index (Phi) is 28.6. The molecule has 0 atom stereocenters. The van der Waals surface area contributed by atoms with Crippen molar-refractivity contribution in [2.24, 2.45) is 7.05 Å². The van der Waals surface area contributed by atoms with Gasteiger partial charge in [-0.25, -0.2) is 5.69 Å². The third kappa shape index (κ3) is 21.9. The molecule has 0 aliphatic heterocycles. The largest absolute Gasteiger partial charge is 4.00 e. The maximum atomic E-state index is 5.08. The molecule has 6 heterocycles.